The van der Waals surface area contributed by atoms with Gasteiger partial charge in [0.15, 0.2) is 0 Å². The summed E-state index contributed by atoms with van der Waals surface area (Å²) in [4.78, 5) is 37.2. The lowest BCUT2D eigenvalue weighted by molar-refractivity contribution is -0.131. The predicted octanol–water partition coefficient (Wildman–Crippen LogP) is 0.968. The predicted molar refractivity (Wildman–Crippen MR) is 111 cm³/mol. The highest BCUT2D eigenvalue weighted by Gasteiger charge is 2.24. The first-order valence-corrected chi connectivity index (χ1v) is 9.94. The van der Waals surface area contributed by atoms with E-state index in [0.717, 1.165) is 5.56 Å². The second-order valence-corrected chi connectivity index (χ2v) is 7.18. The highest BCUT2D eigenvalue weighted by atomic mass is 16.2. The van der Waals surface area contributed by atoms with Crippen molar-refractivity contribution in [2.24, 2.45) is 11.7 Å². The standard InChI is InChI=1S/C21H28N6O2/c1-16(19(22)17-6-3-2-4-7-17)20(29)23-11-8-18(28)26-12-14-27(15-13-26)21-24-9-5-10-25-21/h2-7,9-10,16,19H,8,11-15,22H2,1H3,(H,23,29). The molecule has 2 heterocycles. The van der Waals surface area contributed by atoms with Gasteiger partial charge in [0.2, 0.25) is 17.8 Å². The first kappa shape index (κ1) is 20.7. The number of hydrogen-bond donors (Lipinski definition) is 2. The van der Waals surface area contributed by atoms with Gasteiger partial charge in [0.25, 0.3) is 0 Å². The monoisotopic (exact) mass is 396 g/mol. The van der Waals surface area contributed by atoms with Crippen molar-refractivity contribution >= 4 is 17.8 Å². The molecule has 2 atom stereocenters. The maximum atomic E-state index is 12.4. The molecule has 0 radical (unpaired) electrons. The lowest BCUT2D eigenvalue weighted by Gasteiger charge is -2.34. The van der Waals surface area contributed by atoms with E-state index in [4.69, 9.17) is 5.73 Å². The van der Waals surface area contributed by atoms with Gasteiger partial charge in [-0.3, -0.25) is 9.59 Å². The number of carbonyl (C=O) groups is 2. The molecule has 2 unspecified atom stereocenters. The molecule has 0 aliphatic carbocycles. The molecule has 3 rings (SSSR count). The summed E-state index contributed by atoms with van der Waals surface area (Å²) < 4.78 is 0. The van der Waals surface area contributed by atoms with Gasteiger partial charge in [0, 0.05) is 57.6 Å². The van der Waals surface area contributed by atoms with Crippen LogP contribution in [0.15, 0.2) is 48.8 Å². The Balaban J connectivity index is 1.39. The Labute approximate surface area is 171 Å². The van der Waals surface area contributed by atoms with Crippen LogP contribution in [0.2, 0.25) is 0 Å². The third-order valence-electron chi connectivity index (χ3n) is 5.24. The third-order valence-corrected chi connectivity index (χ3v) is 5.24. The molecule has 0 spiro atoms. The average Bonchev–Trinajstić information content (AvgIpc) is 2.79. The van der Waals surface area contributed by atoms with Crippen LogP contribution < -0.4 is 16.0 Å². The Hall–Kier alpha value is -3.00. The van der Waals surface area contributed by atoms with Gasteiger partial charge in [-0.25, -0.2) is 9.97 Å². The van der Waals surface area contributed by atoms with E-state index in [1.54, 1.807) is 25.4 Å². The molecule has 8 heteroatoms. The van der Waals surface area contributed by atoms with Crippen LogP contribution in [0.5, 0.6) is 0 Å². The second-order valence-electron chi connectivity index (χ2n) is 7.18. The number of piperazine rings is 1. The number of nitrogens with two attached hydrogens (primary N) is 1. The quantitative estimate of drug-likeness (QED) is 0.723. The van der Waals surface area contributed by atoms with Crippen molar-refractivity contribution in [2.45, 2.75) is 19.4 Å². The van der Waals surface area contributed by atoms with E-state index >= 15 is 0 Å². The van der Waals surface area contributed by atoms with Gasteiger partial charge in [-0.2, -0.15) is 0 Å². The van der Waals surface area contributed by atoms with E-state index in [2.05, 4.69) is 20.2 Å². The molecule has 1 aromatic carbocycles. The molecular formula is C21H28N6O2. The average molecular weight is 396 g/mol. The van der Waals surface area contributed by atoms with Gasteiger partial charge in [0.1, 0.15) is 0 Å². The van der Waals surface area contributed by atoms with Crippen LogP contribution in [-0.4, -0.2) is 59.4 Å². The normalized spacial score (nSPS) is 16.2. The van der Waals surface area contributed by atoms with Crippen LogP contribution in [0, 0.1) is 5.92 Å². The van der Waals surface area contributed by atoms with Gasteiger partial charge < -0.3 is 20.9 Å². The van der Waals surface area contributed by atoms with E-state index in [1.165, 1.54) is 0 Å². The highest BCUT2D eigenvalue weighted by molar-refractivity contribution is 5.81. The molecule has 1 fully saturated rings. The van der Waals surface area contributed by atoms with Crippen molar-refractivity contribution in [3.8, 4) is 0 Å². The Kier molecular flexibility index (Phi) is 7.13. The van der Waals surface area contributed by atoms with Crippen LogP contribution in [0.3, 0.4) is 0 Å². The number of nitrogens with zero attached hydrogens (tertiary/aromatic N) is 4. The second kappa shape index (κ2) is 9.97. The number of hydrogen-bond acceptors (Lipinski definition) is 6. The maximum Gasteiger partial charge on any atom is 0.225 e. The van der Waals surface area contributed by atoms with Crippen LogP contribution >= 0.6 is 0 Å². The van der Waals surface area contributed by atoms with Crippen molar-refractivity contribution in [3.63, 3.8) is 0 Å². The fourth-order valence-electron chi connectivity index (χ4n) is 3.35. The summed E-state index contributed by atoms with van der Waals surface area (Å²) >= 11 is 0. The summed E-state index contributed by atoms with van der Waals surface area (Å²) in [6.07, 6.45) is 3.71. The molecule has 8 nitrogen and oxygen atoms in total. The Morgan fingerprint density at radius 1 is 1.07 bits per heavy atom. The fourth-order valence-corrected chi connectivity index (χ4v) is 3.35. The molecular weight excluding hydrogens is 368 g/mol. The topological polar surface area (TPSA) is 104 Å². The molecule has 2 aromatic rings. The zero-order chi connectivity index (χ0) is 20.6. The van der Waals surface area contributed by atoms with Crippen molar-refractivity contribution in [1.29, 1.82) is 0 Å². The van der Waals surface area contributed by atoms with Crippen LogP contribution in [0.25, 0.3) is 0 Å². The minimum Gasteiger partial charge on any atom is -0.355 e. The third kappa shape index (κ3) is 5.51. The minimum atomic E-state index is -0.375. The zero-order valence-corrected chi connectivity index (χ0v) is 16.7. The largest absolute Gasteiger partial charge is 0.355 e. The lowest BCUT2D eigenvalue weighted by Crippen LogP contribution is -2.49. The number of benzene rings is 1. The van der Waals surface area contributed by atoms with E-state index in [-0.39, 0.29) is 30.2 Å². The smallest absolute Gasteiger partial charge is 0.225 e. The van der Waals surface area contributed by atoms with Crippen molar-refractivity contribution in [3.05, 3.63) is 54.4 Å². The maximum absolute atomic E-state index is 12.4. The van der Waals surface area contributed by atoms with E-state index in [9.17, 15) is 9.59 Å². The fraction of sp³-hybridized carbons (Fsp3) is 0.429. The molecule has 1 aliphatic rings. The molecule has 1 aliphatic heterocycles. The van der Waals surface area contributed by atoms with Gasteiger partial charge in [-0.05, 0) is 11.6 Å². The molecule has 0 bridgehead atoms. The van der Waals surface area contributed by atoms with E-state index < -0.39 is 0 Å². The lowest BCUT2D eigenvalue weighted by atomic mass is 9.95. The van der Waals surface area contributed by atoms with Crippen LogP contribution in [-0.2, 0) is 9.59 Å². The summed E-state index contributed by atoms with van der Waals surface area (Å²) in [5.74, 6) is 0.219. The van der Waals surface area contributed by atoms with Gasteiger partial charge in [0.05, 0.1) is 5.92 Å². The number of nitrogens with one attached hydrogen (secondary N) is 1. The number of carbonyl (C=O) groups excluding carboxylic acids is 2. The first-order valence-electron chi connectivity index (χ1n) is 9.94. The minimum absolute atomic E-state index is 0.0407. The summed E-state index contributed by atoms with van der Waals surface area (Å²) in [6.45, 7) is 4.77. The highest BCUT2D eigenvalue weighted by Crippen LogP contribution is 2.19. The molecule has 3 N–H and O–H groups in total. The van der Waals surface area contributed by atoms with Crippen molar-refractivity contribution in [2.75, 3.05) is 37.6 Å². The summed E-state index contributed by atoms with van der Waals surface area (Å²) in [6, 6.07) is 11.0. The van der Waals surface area contributed by atoms with Crippen LogP contribution in [0.1, 0.15) is 24.9 Å². The Morgan fingerprint density at radius 2 is 1.72 bits per heavy atom. The summed E-state index contributed by atoms with van der Waals surface area (Å²) in [5.41, 5.74) is 7.12. The zero-order valence-electron chi connectivity index (χ0n) is 16.7. The van der Waals surface area contributed by atoms with Crippen molar-refractivity contribution < 1.29 is 9.59 Å². The van der Waals surface area contributed by atoms with Crippen LogP contribution in [0.4, 0.5) is 5.95 Å². The molecule has 2 amide bonds. The molecule has 1 saturated heterocycles. The van der Waals surface area contributed by atoms with E-state index in [0.29, 0.717) is 38.7 Å². The summed E-state index contributed by atoms with van der Waals surface area (Å²) in [7, 11) is 0. The number of anilines is 1. The number of amides is 2. The van der Waals surface area contributed by atoms with Gasteiger partial charge in [-0.15, -0.1) is 0 Å². The molecule has 154 valence electrons. The molecule has 0 saturated carbocycles. The summed E-state index contributed by atoms with van der Waals surface area (Å²) in [5, 5.41) is 2.84. The van der Waals surface area contributed by atoms with Gasteiger partial charge >= 0.3 is 0 Å². The Morgan fingerprint density at radius 3 is 2.38 bits per heavy atom. The Bertz CT molecular complexity index is 793. The molecule has 1 aromatic heterocycles. The first-order chi connectivity index (χ1) is 14.1. The van der Waals surface area contributed by atoms with Gasteiger partial charge in [-0.1, -0.05) is 37.3 Å². The molecule has 29 heavy (non-hydrogen) atoms. The SMILES string of the molecule is CC(C(=O)NCCC(=O)N1CCN(c2ncccn2)CC1)C(N)c1ccccc1. The van der Waals surface area contributed by atoms with Crippen molar-refractivity contribution in [1.82, 2.24) is 20.2 Å². The number of rotatable bonds is 7. The number of aromatic nitrogens is 2. The van der Waals surface area contributed by atoms with E-state index in [1.807, 2.05) is 35.2 Å².